The molecule has 3 rings (SSSR count). The molecule has 1 aromatic heterocycles. The smallest absolute Gasteiger partial charge is 0.272 e. The third kappa shape index (κ3) is 6.12. The predicted octanol–water partition coefficient (Wildman–Crippen LogP) is 2.68. The highest BCUT2D eigenvalue weighted by molar-refractivity contribution is 7.99. The van der Waals surface area contributed by atoms with Crippen molar-refractivity contribution in [1.82, 2.24) is 14.9 Å². The molecule has 156 valence electrons. The number of nitrogens with zero attached hydrogens (tertiary/aromatic N) is 1. The minimum absolute atomic E-state index is 0.142. The van der Waals surface area contributed by atoms with Gasteiger partial charge in [0.1, 0.15) is 10.7 Å². The van der Waals surface area contributed by atoms with E-state index in [1.807, 2.05) is 38.4 Å². The van der Waals surface area contributed by atoms with Gasteiger partial charge in [-0.25, -0.2) is 0 Å². The molecular weight excluding hydrogens is 441 g/mol. The summed E-state index contributed by atoms with van der Waals surface area (Å²) < 4.78 is 0. The molecule has 0 atom stereocenters. The number of halogens is 2. The van der Waals surface area contributed by atoms with Crippen LogP contribution in [0.25, 0.3) is 12.2 Å². The summed E-state index contributed by atoms with van der Waals surface area (Å²) in [6.45, 7) is 1.00. The van der Waals surface area contributed by atoms with E-state index >= 15 is 0 Å². The number of hydrogen-bond donors (Lipinski definition) is 2. The van der Waals surface area contributed by atoms with E-state index in [4.69, 9.17) is 23.2 Å². The van der Waals surface area contributed by atoms with Crippen LogP contribution in [0.15, 0.2) is 56.9 Å². The molecular formula is C22H21Cl2N3O2S. The first-order valence-corrected chi connectivity index (χ1v) is 10.9. The van der Waals surface area contributed by atoms with E-state index in [-0.39, 0.29) is 16.3 Å². The molecule has 2 N–H and O–H groups in total. The Morgan fingerprint density at radius 2 is 1.43 bits per heavy atom. The Labute approximate surface area is 188 Å². The lowest BCUT2D eigenvalue weighted by Crippen LogP contribution is -2.46. The van der Waals surface area contributed by atoms with Crippen molar-refractivity contribution in [3.8, 4) is 0 Å². The van der Waals surface area contributed by atoms with E-state index < -0.39 is 5.56 Å². The van der Waals surface area contributed by atoms with Crippen molar-refractivity contribution >= 4 is 47.1 Å². The molecule has 0 saturated carbocycles. The van der Waals surface area contributed by atoms with Crippen molar-refractivity contribution < 1.29 is 0 Å². The maximum absolute atomic E-state index is 12.4. The molecule has 0 amide bonds. The van der Waals surface area contributed by atoms with Crippen LogP contribution in [0.4, 0.5) is 0 Å². The highest BCUT2D eigenvalue weighted by Crippen LogP contribution is 2.22. The first-order chi connectivity index (χ1) is 14.3. The molecule has 2 aromatic carbocycles. The van der Waals surface area contributed by atoms with E-state index in [9.17, 15) is 9.59 Å². The summed E-state index contributed by atoms with van der Waals surface area (Å²) in [5.41, 5.74) is 0.701. The van der Waals surface area contributed by atoms with Crippen molar-refractivity contribution in [2.45, 2.75) is 4.90 Å². The third-order valence-corrected chi connectivity index (χ3v) is 5.97. The van der Waals surface area contributed by atoms with Crippen LogP contribution in [0.1, 0.15) is 11.1 Å². The van der Waals surface area contributed by atoms with E-state index in [2.05, 4.69) is 14.9 Å². The molecule has 0 saturated heterocycles. The predicted molar refractivity (Wildman–Crippen MR) is 126 cm³/mol. The van der Waals surface area contributed by atoms with Crippen LogP contribution < -0.4 is 21.8 Å². The van der Waals surface area contributed by atoms with Crippen LogP contribution >= 0.6 is 35.0 Å². The van der Waals surface area contributed by atoms with Crippen molar-refractivity contribution in [3.63, 3.8) is 0 Å². The quantitative estimate of drug-likeness (QED) is 0.553. The maximum Gasteiger partial charge on any atom is 0.272 e. The summed E-state index contributed by atoms with van der Waals surface area (Å²) >= 11 is 13.7. The van der Waals surface area contributed by atoms with Crippen LogP contribution in [0.3, 0.4) is 0 Å². The second-order valence-electron chi connectivity index (χ2n) is 6.92. The molecule has 0 unspecified atom stereocenters. The van der Waals surface area contributed by atoms with Crippen LogP contribution in [-0.2, 0) is 0 Å². The summed E-state index contributed by atoms with van der Waals surface area (Å²) in [5.74, 6) is 1.000. The number of aromatic nitrogens is 2. The average molecular weight is 462 g/mol. The Morgan fingerprint density at radius 1 is 0.867 bits per heavy atom. The standard InChI is InChI=1S/C22H21Cl2N3O2S/c1-27(2)9-10-30-16-6-3-14(4-7-16)12-19-21(28)26-20(22(29)25-19)13-15-5-8-17(23)18(24)11-15/h3-8,11-13H,9-10H2,1-2H3,(H,25,29)(H,26,28). The summed E-state index contributed by atoms with van der Waals surface area (Å²) in [7, 11) is 4.09. The fourth-order valence-corrected chi connectivity index (χ4v) is 3.97. The minimum Gasteiger partial charge on any atom is -0.316 e. The minimum atomic E-state index is -0.400. The Hall–Kier alpha value is -2.25. The second kappa shape index (κ2) is 10.2. The molecule has 0 fully saturated rings. The Balaban J connectivity index is 1.87. The molecule has 0 aliphatic heterocycles. The van der Waals surface area contributed by atoms with Gasteiger partial charge in [0.05, 0.1) is 10.0 Å². The second-order valence-corrected chi connectivity index (χ2v) is 8.90. The van der Waals surface area contributed by atoms with E-state index in [0.29, 0.717) is 15.6 Å². The zero-order chi connectivity index (χ0) is 21.7. The molecule has 3 aromatic rings. The van der Waals surface area contributed by atoms with Gasteiger partial charge in [-0.1, -0.05) is 41.4 Å². The van der Waals surface area contributed by atoms with Crippen molar-refractivity contribution in [2.75, 3.05) is 26.4 Å². The van der Waals surface area contributed by atoms with Gasteiger partial charge in [0, 0.05) is 17.2 Å². The number of hydrogen-bond acceptors (Lipinski definition) is 4. The van der Waals surface area contributed by atoms with E-state index in [1.165, 1.54) is 0 Å². The Kier molecular flexibility index (Phi) is 7.61. The van der Waals surface area contributed by atoms with E-state index in [1.54, 1.807) is 42.1 Å². The van der Waals surface area contributed by atoms with Gasteiger partial charge in [-0.15, -0.1) is 11.8 Å². The number of nitrogens with one attached hydrogen (secondary N) is 2. The normalized spacial score (nSPS) is 12.7. The largest absolute Gasteiger partial charge is 0.316 e. The highest BCUT2D eigenvalue weighted by Gasteiger charge is 2.01. The SMILES string of the molecule is CN(C)CCSc1ccc(C=c2[nH]c(=O)c(=Cc3ccc(Cl)c(Cl)c3)[nH]c2=O)cc1. The first kappa shape index (κ1) is 22.4. The molecule has 30 heavy (non-hydrogen) atoms. The Morgan fingerprint density at radius 3 is 2.00 bits per heavy atom. The number of benzene rings is 2. The van der Waals surface area contributed by atoms with E-state index in [0.717, 1.165) is 22.8 Å². The fourth-order valence-electron chi connectivity index (χ4n) is 2.64. The Bertz CT molecular complexity index is 1270. The average Bonchev–Trinajstić information content (AvgIpc) is 2.69. The van der Waals surface area contributed by atoms with Crippen LogP contribution in [-0.4, -0.2) is 41.3 Å². The van der Waals surface area contributed by atoms with Crippen LogP contribution in [0.2, 0.25) is 10.0 Å². The van der Waals surface area contributed by atoms with Crippen molar-refractivity contribution in [2.24, 2.45) is 0 Å². The van der Waals surface area contributed by atoms with Gasteiger partial charge in [-0.05, 0) is 61.6 Å². The zero-order valence-electron chi connectivity index (χ0n) is 16.5. The molecule has 8 heteroatoms. The van der Waals surface area contributed by atoms with Crippen molar-refractivity contribution in [1.29, 1.82) is 0 Å². The number of H-pyrrole nitrogens is 2. The van der Waals surface area contributed by atoms with Gasteiger partial charge in [-0.3, -0.25) is 9.59 Å². The zero-order valence-corrected chi connectivity index (χ0v) is 18.9. The molecule has 0 radical (unpaired) electrons. The number of aromatic amines is 2. The summed E-state index contributed by atoms with van der Waals surface area (Å²) in [6, 6.07) is 12.8. The van der Waals surface area contributed by atoms with Gasteiger partial charge in [-0.2, -0.15) is 0 Å². The molecule has 0 bridgehead atoms. The van der Waals surface area contributed by atoms with Crippen molar-refractivity contribution in [3.05, 3.63) is 95.0 Å². The van der Waals surface area contributed by atoms with Crippen LogP contribution in [0.5, 0.6) is 0 Å². The molecule has 5 nitrogen and oxygen atoms in total. The monoisotopic (exact) mass is 461 g/mol. The maximum atomic E-state index is 12.4. The molecule has 1 heterocycles. The van der Waals surface area contributed by atoms with Gasteiger partial charge in [0.2, 0.25) is 0 Å². The van der Waals surface area contributed by atoms with Gasteiger partial charge >= 0.3 is 0 Å². The third-order valence-electron chi connectivity index (χ3n) is 4.24. The summed E-state index contributed by atoms with van der Waals surface area (Å²) in [4.78, 5) is 33.4. The lowest BCUT2D eigenvalue weighted by Gasteiger charge is -2.08. The summed E-state index contributed by atoms with van der Waals surface area (Å²) in [5, 5.41) is 1.13. The highest BCUT2D eigenvalue weighted by atomic mass is 35.5. The first-order valence-electron chi connectivity index (χ1n) is 9.20. The molecule has 0 aliphatic rings. The lowest BCUT2D eigenvalue weighted by atomic mass is 10.2. The lowest BCUT2D eigenvalue weighted by molar-refractivity contribution is 0.437. The topological polar surface area (TPSA) is 69.0 Å². The fraction of sp³-hybridized carbons (Fsp3) is 0.182. The molecule has 0 spiro atoms. The molecule has 0 aliphatic carbocycles. The summed E-state index contributed by atoms with van der Waals surface area (Å²) in [6.07, 6.45) is 3.20. The van der Waals surface area contributed by atoms with Crippen LogP contribution in [0, 0.1) is 0 Å². The number of rotatable bonds is 6. The van der Waals surface area contributed by atoms with Gasteiger partial charge < -0.3 is 14.9 Å². The number of thioether (sulfide) groups is 1. The van der Waals surface area contributed by atoms with Gasteiger partial charge in [0.15, 0.2) is 0 Å². The van der Waals surface area contributed by atoms with Gasteiger partial charge in [0.25, 0.3) is 11.1 Å².